The van der Waals surface area contributed by atoms with Crippen LogP contribution in [0.3, 0.4) is 0 Å². The number of anilines is 1. The van der Waals surface area contributed by atoms with Gasteiger partial charge in [0.15, 0.2) is 0 Å². The summed E-state index contributed by atoms with van der Waals surface area (Å²) >= 11 is 0. The van der Waals surface area contributed by atoms with Crippen LogP contribution in [0.15, 0.2) is 36.4 Å². The Balaban J connectivity index is 1.48. The first-order chi connectivity index (χ1) is 13.7. The van der Waals surface area contributed by atoms with E-state index in [9.17, 15) is 5.11 Å². The standard InChI is InChI=1S/C24H32N4O/c1-23(2)14-18(15-24(3,4)28-23)25-22-12-11-20(26-27-22)19-10-9-17(13-21(19)29)16-7-5-6-8-16/h7,9-13,18,28-29H,5-6,8,14-15H2,1-4H3,(H,25,27). The van der Waals surface area contributed by atoms with E-state index in [1.807, 2.05) is 24.3 Å². The third kappa shape index (κ3) is 4.61. The van der Waals surface area contributed by atoms with Gasteiger partial charge >= 0.3 is 0 Å². The predicted molar refractivity (Wildman–Crippen MR) is 119 cm³/mol. The van der Waals surface area contributed by atoms with E-state index >= 15 is 0 Å². The molecule has 5 nitrogen and oxygen atoms in total. The number of phenolic OH excluding ortho intramolecular Hbond substituents is 1. The van der Waals surface area contributed by atoms with Crippen molar-refractivity contribution in [2.45, 2.75) is 76.9 Å². The van der Waals surface area contributed by atoms with E-state index in [0.29, 0.717) is 11.7 Å². The van der Waals surface area contributed by atoms with Crippen molar-refractivity contribution in [3.63, 3.8) is 0 Å². The average Bonchev–Trinajstić information content (AvgIpc) is 3.14. The summed E-state index contributed by atoms with van der Waals surface area (Å²) in [6.45, 7) is 8.97. The molecule has 2 aliphatic rings. The van der Waals surface area contributed by atoms with Gasteiger partial charge in [0.05, 0.1) is 5.69 Å². The number of rotatable bonds is 4. The topological polar surface area (TPSA) is 70.1 Å². The van der Waals surface area contributed by atoms with Gasteiger partial charge in [0.2, 0.25) is 0 Å². The highest BCUT2D eigenvalue weighted by atomic mass is 16.3. The smallest absolute Gasteiger partial charge is 0.148 e. The Kier molecular flexibility index (Phi) is 5.11. The summed E-state index contributed by atoms with van der Waals surface area (Å²) in [5.74, 6) is 1.03. The first-order valence-corrected chi connectivity index (χ1v) is 10.6. The van der Waals surface area contributed by atoms with Gasteiger partial charge in [-0.15, -0.1) is 10.2 Å². The fourth-order valence-corrected chi connectivity index (χ4v) is 5.07. The van der Waals surface area contributed by atoms with Crippen molar-refractivity contribution in [2.75, 3.05) is 5.32 Å². The number of nitrogens with zero attached hydrogens (tertiary/aromatic N) is 2. The lowest BCUT2D eigenvalue weighted by atomic mass is 9.79. The Morgan fingerprint density at radius 3 is 2.38 bits per heavy atom. The molecule has 1 saturated heterocycles. The Labute approximate surface area is 173 Å². The van der Waals surface area contributed by atoms with Gasteiger partial charge in [-0.25, -0.2) is 0 Å². The minimum atomic E-state index is 0.0785. The van der Waals surface area contributed by atoms with Crippen LogP contribution >= 0.6 is 0 Å². The van der Waals surface area contributed by atoms with Gasteiger partial charge in [0.1, 0.15) is 11.6 Å². The van der Waals surface area contributed by atoms with Gasteiger partial charge in [0.25, 0.3) is 0 Å². The number of aromatic hydroxyl groups is 1. The van der Waals surface area contributed by atoms with E-state index in [4.69, 9.17) is 0 Å². The predicted octanol–water partition coefficient (Wildman–Crippen LogP) is 5.14. The molecule has 1 aromatic heterocycles. The second-order valence-corrected chi connectivity index (χ2v) is 9.80. The first-order valence-electron chi connectivity index (χ1n) is 10.6. The van der Waals surface area contributed by atoms with Crippen LogP contribution in [0.5, 0.6) is 5.75 Å². The SMILES string of the molecule is CC1(C)CC(Nc2ccc(-c3ccc(C4=CCCC4)cc3O)nn2)CC(C)(C)N1. The summed E-state index contributed by atoms with van der Waals surface area (Å²) in [6, 6.07) is 10.1. The summed E-state index contributed by atoms with van der Waals surface area (Å²) in [6.07, 6.45) is 7.73. The molecular weight excluding hydrogens is 360 g/mol. The van der Waals surface area contributed by atoms with Crippen LogP contribution in [0, 0.1) is 0 Å². The first kappa shape index (κ1) is 19.9. The van der Waals surface area contributed by atoms with E-state index in [0.717, 1.165) is 42.6 Å². The molecule has 0 atom stereocenters. The van der Waals surface area contributed by atoms with Crippen LogP contribution in [-0.4, -0.2) is 32.4 Å². The van der Waals surface area contributed by atoms with E-state index in [1.54, 1.807) is 0 Å². The van der Waals surface area contributed by atoms with Gasteiger partial charge in [0, 0.05) is 22.7 Å². The highest BCUT2D eigenvalue weighted by Crippen LogP contribution is 2.35. The Morgan fingerprint density at radius 1 is 1.03 bits per heavy atom. The highest BCUT2D eigenvalue weighted by molar-refractivity contribution is 5.74. The van der Waals surface area contributed by atoms with Crippen LogP contribution in [0.1, 0.15) is 65.4 Å². The molecule has 4 rings (SSSR count). The van der Waals surface area contributed by atoms with Crippen LogP contribution in [-0.2, 0) is 0 Å². The van der Waals surface area contributed by atoms with Crippen molar-refractivity contribution in [3.05, 3.63) is 42.0 Å². The number of nitrogens with one attached hydrogen (secondary N) is 2. The largest absolute Gasteiger partial charge is 0.507 e. The van der Waals surface area contributed by atoms with E-state index in [1.165, 1.54) is 12.0 Å². The molecule has 5 heteroatoms. The number of phenols is 1. The number of piperidine rings is 1. The zero-order chi connectivity index (χ0) is 20.6. The fourth-order valence-electron chi connectivity index (χ4n) is 5.07. The number of aromatic nitrogens is 2. The van der Waals surface area contributed by atoms with Crippen molar-refractivity contribution in [1.29, 1.82) is 0 Å². The molecule has 154 valence electrons. The van der Waals surface area contributed by atoms with Crippen LogP contribution in [0.25, 0.3) is 16.8 Å². The normalized spacial score (nSPS) is 21.0. The van der Waals surface area contributed by atoms with Crippen LogP contribution in [0.2, 0.25) is 0 Å². The van der Waals surface area contributed by atoms with Crippen molar-refractivity contribution in [1.82, 2.24) is 15.5 Å². The number of hydrogen-bond donors (Lipinski definition) is 3. The van der Waals surface area contributed by atoms with Crippen molar-refractivity contribution in [3.8, 4) is 17.0 Å². The van der Waals surface area contributed by atoms with Crippen molar-refractivity contribution < 1.29 is 5.11 Å². The number of hydrogen-bond acceptors (Lipinski definition) is 5. The Bertz CT molecular complexity index is 899. The quantitative estimate of drug-likeness (QED) is 0.672. The Morgan fingerprint density at radius 2 is 1.79 bits per heavy atom. The molecule has 2 aromatic rings. The number of benzene rings is 1. The molecule has 0 amide bonds. The van der Waals surface area contributed by atoms with Crippen LogP contribution in [0.4, 0.5) is 5.82 Å². The third-order valence-electron chi connectivity index (χ3n) is 5.89. The van der Waals surface area contributed by atoms with Gasteiger partial charge in [-0.05, 0) is 95.2 Å². The molecule has 1 aliphatic heterocycles. The monoisotopic (exact) mass is 392 g/mol. The van der Waals surface area contributed by atoms with E-state index < -0.39 is 0 Å². The minimum Gasteiger partial charge on any atom is -0.507 e. The molecule has 0 unspecified atom stereocenters. The zero-order valence-corrected chi connectivity index (χ0v) is 17.9. The molecule has 2 heterocycles. The van der Waals surface area contributed by atoms with E-state index in [-0.39, 0.29) is 16.8 Å². The molecule has 0 spiro atoms. The molecule has 1 aliphatic carbocycles. The molecular formula is C24H32N4O. The minimum absolute atomic E-state index is 0.0785. The lowest BCUT2D eigenvalue weighted by Gasteiger charge is -2.46. The highest BCUT2D eigenvalue weighted by Gasteiger charge is 2.37. The summed E-state index contributed by atoms with van der Waals surface area (Å²) in [7, 11) is 0. The van der Waals surface area contributed by atoms with Gasteiger partial charge < -0.3 is 15.7 Å². The summed E-state index contributed by atoms with van der Waals surface area (Å²) in [5.41, 5.74) is 3.99. The summed E-state index contributed by atoms with van der Waals surface area (Å²) in [4.78, 5) is 0. The van der Waals surface area contributed by atoms with Gasteiger partial charge in [-0.1, -0.05) is 12.1 Å². The van der Waals surface area contributed by atoms with Gasteiger partial charge in [-0.2, -0.15) is 0 Å². The second kappa shape index (κ2) is 7.45. The molecule has 0 radical (unpaired) electrons. The zero-order valence-electron chi connectivity index (χ0n) is 17.9. The molecule has 3 N–H and O–H groups in total. The van der Waals surface area contributed by atoms with Gasteiger partial charge in [-0.3, -0.25) is 0 Å². The third-order valence-corrected chi connectivity index (χ3v) is 5.89. The molecule has 1 fully saturated rings. The maximum atomic E-state index is 10.5. The second-order valence-electron chi connectivity index (χ2n) is 9.80. The molecule has 1 aromatic carbocycles. The lowest BCUT2D eigenvalue weighted by Crippen LogP contribution is -2.60. The molecule has 0 saturated carbocycles. The Hall–Kier alpha value is -2.40. The maximum absolute atomic E-state index is 10.5. The van der Waals surface area contributed by atoms with Crippen molar-refractivity contribution in [2.24, 2.45) is 0 Å². The number of allylic oxidation sites excluding steroid dienone is 2. The molecule has 29 heavy (non-hydrogen) atoms. The van der Waals surface area contributed by atoms with Crippen molar-refractivity contribution >= 4 is 11.4 Å². The fraction of sp³-hybridized carbons (Fsp3) is 0.500. The maximum Gasteiger partial charge on any atom is 0.148 e. The van der Waals surface area contributed by atoms with Crippen LogP contribution < -0.4 is 10.6 Å². The van der Waals surface area contributed by atoms with E-state index in [2.05, 4.69) is 60.7 Å². The summed E-state index contributed by atoms with van der Waals surface area (Å²) < 4.78 is 0. The molecule has 0 bridgehead atoms. The lowest BCUT2D eigenvalue weighted by molar-refractivity contribution is 0.170. The summed E-state index contributed by atoms with van der Waals surface area (Å²) in [5, 5.41) is 26.5. The average molecular weight is 393 g/mol.